The van der Waals surface area contributed by atoms with Gasteiger partial charge in [-0.25, -0.2) is 9.59 Å². The molecule has 1 fully saturated rings. The summed E-state index contributed by atoms with van der Waals surface area (Å²) in [5.74, 6) is 0.205. The van der Waals surface area contributed by atoms with Crippen molar-refractivity contribution in [1.82, 2.24) is 10.6 Å². The van der Waals surface area contributed by atoms with Crippen LogP contribution in [0.3, 0.4) is 0 Å². The lowest BCUT2D eigenvalue weighted by Crippen LogP contribution is -2.43. The van der Waals surface area contributed by atoms with Crippen molar-refractivity contribution >= 4 is 17.9 Å². The maximum atomic E-state index is 12.2. The molecule has 1 saturated heterocycles. The van der Waals surface area contributed by atoms with E-state index >= 15 is 0 Å². The molecule has 2 N–H and O–H groups in total. The minimum atomic E-state index is -0.908. The van der Waals surface area contributed by atoms with Crippen LogP contribution in [0.15, 0.2) is 48.5 Å². The van der Waals surface area contributed by atoms with Crippen molar-refractivity contribution in [2.75, 3.05) is 7.11 Å². The number of ether oxygens (including phenoxy) is 2. The molecule has 27 heavy (non-hydrogen) atoms. The van der Waals surface area contributed by atoms with Gasteiger partial charge >= 0.3 is 12.0 Å². The van der Waals surface area contributed by atoms with Gasteiger partial charge in [-0.05, 0) is 55.7 Å². The second-order valence-electron chi connectivity index (χ2n) is 6.51. The van der Waals surface area contributed by atoms with Crippen LogP contribution < -0.4 is 20.1 Å². The Balaban J connectivity index is 1.59. The third-order valence-electron chi connectivity index (χ3n) is 4.47. The lowest BCUT2D eigenvalue weighted by atomic mass is 9.93. The zero-order chi connectivity index (χ0) is 19.4. The Bertz CT molecular complexity index is 878. The molecule has 3 rings (SSSR count). The van der Waals surface area contributed by atoms with E-state index in [2.05, 4.69) is 10.6 Å². The Morgan fingerprint density at radius 3 is 2.44 bits per heavy atom. The largest absolute Gasteiger partial charge is 0.497 e. The number of carbonyl (C=O) groups excluding carboxylic acids is 3. The van der Waals surface area contributed by atoms with Crippen LogP contribution in [-0.4, -0.2) is 30.6 Å². The fourth-order valence-corrected chi connectivity index (χ4v) is 2.79. The summed E-state index contributed by atoms with van der Waals surface area (Å²) < 4.78 is 10.5. The van der Waals surface area contributed by atoms with Gasteiger partial charge in [0.2, 0.25) is 0 Å². The molecule has 140 valence electrons. The van der Waals surface area contributed by atoms with E-state index in [1.165, 1.54) is 7.11 Å². The molecular weight excluding hydrogens is 348 g/mol. The average molecular weight is 368 g/mol. The lowest BCUT2D eigenvalue weighted by Gasteiger charge is -2.20. The minimum Gasteiger partial charge on any atom is -0.497 e. The number of hydrogen-bond donors (Lipinski definition) is 2. The number of amides is 3. The molecule has 1 aliphatic heterocycles. The Morgan fingerprint density at radius 2 is 1.81 bits per heavy atom. The first-order chi connectivity index (χ1) is 12.9. The molecular formula is C20H20N2O5. The SMILES string of the molecule is COc1cccc(C(=O)Oc2ccc(CC[C@]3(C)NC(=O)NC3=O)cc2)c1. The molecule has 0 radical (unpaired) electrons. The van der Waals surface area contributed by atoms with Crippen molar-refractivity contribution in [3.8, 4) is 11.5 Å². The Labute approximate surface area is 156 Å². The number of nitrogens with one attached hydrogen (secondary N) is 2. The van der Waals surface area contributed by atoms with Crippen molar-refractivity contribution in [3.05, 3.63) is 59.7 Å². The smallest absolute Gasteiger partial charge is 0.343 e. The van der Waals surface area contributed by atoms with Crippen molar-refractivity contribution in [2.24, 2.45) is 0 Å². The summed E-state index contributed by atoms with van der Waals surface area (Å²) in [7, 11) is 1.53. The molecule has 0 aliphatic carbocycles. The number of urea groups is 1. The summed E-state index contributed by atoms with van der Waals surface area (Å²) in [6.45, 7) is 1.69. The van der Waals surface area contributed by atoms with E-state index in [1.54, 1.807) is 43.3 Å². The summed E-state index contributed by atoms with van der Waals surface area (Å²) >= 11 is 0. The summed E-state index contributed by atoms with van der Waals surface area (Å²) in [6, 6.07) is 13.3. The van der Waals surface area contributed by atoms with Gasteiger partial charge in [-0.15, -0.1) is 0 Å². The summed E-state index contributed by atoms with van der Waals surface area (Å²) in [6.07, 6.45) is 1.06. The molecule has 0 saturated carbocycles. The number of methoxy groups -OCH3 is 1. The Kier molecular flexibility index (Phi) is 5.12. The van der Waals surface area contributed by atoms with Gasteiger partial charge in [0.15, 0.2) is 0 Å². The second kappa shape index (κ2) is 7.49. The zero-order valence-electron chi connectivity index (χ0n) is 15.1. The van der Waals surface area contributed by atoms with Crippen molar-refractivity contribution in [1.29, 1.82) is 0 Å². The topological polar surface area (TPSA) is 93.7 Å². The molecule has 0 bridgehead atoms. The van der Waals surface area contributed by atoms with Crippen LogP contribution in [0.4, 0.5) is 4.79 Å². The second-order valence-corrected chi connectivity index (χ2v) is 6.51. The monoisotopic (exact) mass is 368 g/mol. The summed E-state index contributed by atoms with van der Waals surface area (Å²) in [5, 5.41) is 4.88. The molecule has 7 nitrogen and oxygen atoms in total. The van der Waals surface area contributed by atoms with Gasteiger partial charge in [-0.2, -0.15) is 0 Å². The van der Waals surface area contributed by atoms with E-state index in [9.17, 15) is 14.4 Å². The standard InChI is InChI=1S/C20H20N2O5/c1-20(18(24)21-19(25)22-20)11-10-13-6-8-15(9-7-13)27-17(23)14-4-3-5-16(12-14)26-2/h3-9,12H,10-11H2,1-2H3,(H2,21,22,24,25)/t20-/m0/s1. The highest BCUT2D eigenvalue weighted by Crippen LogP contribution is 2.21. The molecule has 1 heterocycles. The number of hydrogen-bond acceptors (Lipinski definition) is 5. The number of esters is 1. The molecule has 1 aliphatic rings. The van der Waals surface area contributed by atoms with Crippen molar-refractivity contribution in [2.45, 2.75) is 25.3 Å². The summed E-state index contributed by atoms with van der Waals surface area (Å²) in [5.41, 5.74) is 0.454. The number of rotatable bonds is 6. The number of imide groups is 1. The maximum absolute atomic E-state index is 12.2. The van der Waals surface area contributed by atoms with Crippen LogP contribution in [0.25, 0.3) is 0 Å². The molecule has 7 heteroatoms. The highest BCUT2D eigenvalue weighted by Gasteiger charge is 2.41. The maximum Gasteiger partial charge on any atom is 0.343 e. The van der Waals surface area contributed by atoms with E-state index in [1.807, 2.05) is 12.1 Å². The third kappa shape index (κ3) is 4.25. The van der Waals surface area contributed by atoms with E-state index in [-0.39, 0.29) is 5.91 Å². The van der Waals surface area contributed by atoms with Gasteiger partial charge in [0, 0.05) is 0 Å². The molecule has 0 spiro atoms. The van der Waals surface area contributed by atoms with E-state index < -0.39 is 17.5 Å². The third-order valence-corrected chi connectivity index (χ3v) is 4.47. The van der Waals surface area contributed by atoms with Gasteiger partial charge in [-0.3, -0.25) is 10.1 Å². The van der Waals surface area contributed by atoms with Gasteiger partial charge in [0.1, 0.15) is 17.0 Å². The van der Waals surface area contributed by atoms with E-state index in [0.717, 1.165) is 5.56 Å². The summed E-state index contributed by atoms with van der Waals surface area (Å²) in [4.78, 5) is 35.3. The lowest BCUT2D eigenvalue weighted by molar-refractivity contribution is -0.123. The predicted molar refractivity (Wildman–Crippen MR) is 97.8 cm³/mol. The fraction of sp³-hybridized carbons (Fsp3) is 0.250. The van der Waals surface area contributed by atoms with E-state index in [0.29, 0.717) is 29.9 Å². The van der Waals surface area contributed by atoms with Crippen molar-refractivity contribution in [3.63, 3.8) is 0 Å². The van der Waals surface area contributed by atoms with Crippen LogP contribution in [0, 0.1) is 0 Å². The number of benzene rings is 2. The van der Waals surface area contributed by atoms with Crippen molar-refractivity contribution < 1.29 is 23.9 Å². The predicted octanol–water partition coefficient (Wildman–Crippen LogP) is 2.45. The number of carbonyl (C=O) groups is 3. The zero-order valence-corrected chi connectivity index (χ0v) is 15.1. The van der Waals surface area contributed by atoms with Gasteiger partial charge in [-0.1, -0.05) is 18.2 Å². The van der Waals surface area contributed by atoms with Crippen LogP contribution in [0.5, 0.6) is 11.5 Å². The van der Waals surface area contributed by atoms with E-state index in [4.69, 9.17) is 9.47 Å². The first-order valence-corrected chi connectivity index (χ1v) is 8.48. The number of aryl methyl sites for hydroxylation is 1. The normalized spacial score (nSPS) is 18.6. The molecule has 0 aromatic heterocycles. The van der Waals surface area contributed by atoms with Gasteiger partial charge in [0.05, 0.1) is 12.7 Å². The Morgan fingerprint density at radius 1 is 1.07 bits per heavy atom. The minimum absolute atomic E-state index is 0.323. The average Bonchev–Trinajstić information content (AvgIpc) is 2.93. The Hall–Kier alpha value is -3.35. The van der Waals surface area contributed by atoms with Crippen LogP contribution in [0.1, 0.15) is 29.3 Å². The highest BCUT2D eigenvalue weighted by molar-refractivity contribution is 6.06. The first kappa shape index (κ1) is 18.4. The van der Waals surface area contributed by atoms with Crippen LogP contribution in [-0.2, 0) is 11.2 Å². The molecule has 2 aromatic carbocycles. The molecule has 2 aromatic rings. The van der Waals surface area contributed by atoms with Gasteiger partial charge in [0.25, 0.3) is 5.91 Å². The van der Waals surface area contributed by atoms with Crippen LogP contribution in [0.2, 0.25) is 0 Å². The first-order valence-electron chi connectivity index (χ1n) is 8.48. The molecule has 0 unspecified atom stereocenters. The molecule has 1 atom stereocenters. The van der Waals surface area contributed by atoms with Gasteiger partial charge < -0.3 is 14.8 Å². The highest BCUT2D eigenvalue weighted by atomic mass is 16.5. The fourth-order valence-electron chi connectivity index (χ4n) is 2.79. The van der Waals surface area contributed by atoms with Crippen LogP contribution >= 0.6 is 0 Å². The molecule has 3 amide bonds. The quantitative estimate of drug-likeness (QED) is 0.464.